The van der Waals surface area contributed by atoms with Gasteiger partial charge >= 0.3 is 0 Å². The number of aliphatic hydroxyl groups excluding tert-OH is 1. The molecular formula is C10H21NOS2. The molecule has 0 aromatic heterocycles. The Kier molecular flexibility index (Phi) is 5.67. The highest BCUT2D eigenvalue weighted by molar-refractivity contribution is 8.06. The topological polar surface area (TPSA) is 32.3 Å². The monoisotopic (exact) mass is 235 g/mol. The summed E-state index contributed by atoms with van der Waals surface area (Å²) in [7, 11) is 0. The van der Waals surface area contributed by atoms with Crippen LogP contribution in [0.25, 0.3) is 0 Å². The molecule has 2 N–H and O–H groups in total. The Morgan fingerprint density at radius 2 is 2.21 bits per heavy atom. The van der Waals surface area contributed by atoms with Crippen molar-refractivity contribution in [3.63, 3.8) is 0 Å². The second-order valence-corrected chi connectivity index (χ2v) is 7.08. The molecular weight excluding hydrogens is 214 g/mol. The number of thioether (sulfide) groups is 2. The van der Waals surface area contributed by atoms with Gasteiger partial charge in [-0.25, -0.2) is 0 Å². The van der Waals surface area contributed by atoms with Crippen LogP contribution in [0.15, 0.2) is 0 Å². The van der Waals surface area contributed by atoms with Gasteiger partial charge in [0, 0.05) is 47.6 Å². The van der Waals surface area contributed by atoms with Gasteiger partial charge in [-0.3, -0.25) is 0 Å². The van der Waals surface area contributed by atoms with Crippen molar-refractivity contribution < 1.29 is 5.11 Å². The van der Waals surface area contributed by atoms with Gasteiger partial charge in [-0.05, 0) is 0 Å². The molecule has 1 aliphatic rings. The molecule has 14 heavy (non-hydrogen) atoms. The van der Waals surface area contributed by atoms with Crippen molar-refractivity contribution in [1.82, 2.24) is 5.32 Å². The minimum atomic E-state index is 0.0203. The van der Waals surface area contributed by atoms with E-state index in [0.29, 0.717) is 0 Å². The molecule has 1 saturated heterocycles. The highest BCUT2D eigenvalue weighted by atomic mass is 32.2. The number of hydrogen-bond donors (Lipinski definition) is 2. The minimum Gasteiger partial charge on any atom is -0.396 e. The SMILES string of the molecule is CC(C)(CO)CNCC1CSCCS1. The van der Waals surface area contributed by atoms with Crippen molar-refractivity contribution in [1.29, 1.82) is 0 Å². The standard InChI is InChI=1S/C10H21NOS2/c1-10(2,8-12)7-11-5-9-6-13-3-4-14-9/h9,11-12H,3-8H2,1-2H3. The molecule has 1 atom stereocenters. The summed E-state index contributed by atoms with van der Waals surface area (Å²) in [6.45, 7) is 6.42. The van der Waals surface area contributed by atoms with Gasteiger partial charge in [-0.2, -0.15) is 23.5 Å². The number of hydrogen-bond acceptors (Lipinski definition) is 4. The van der Waals surface area contributed by atoms with Crippen molar-refractivity contribution in [3.8, 4) is 0 Å². The van der Waals surface area contributed by atoms with E-state index in [0.717, 1.165) is 18.3 Å². The fourth-order valence-corrected chi connectivity index (χ4v) is 3.93. The van der Waals surface area contributed by atoms with Gasteiger partial charge in [0.2, 0.25) is 0 Å². The van der Waals surface area contributed by atoms with Crippen LogP contribution >= 0.6 is 23.5 Å². The normalized spacial score (nSPS) is 23.8. The molecule has 0 bridgehead atoms. The zero-order chi connectivity index (χ0) is 10.4. The van der Waals surface area contributed by atoms with Gasteiger partial charge < -0.3 is 10.4 Å². The molecule has 0 aromatic carbocycles. The van der Waals surface area contributed by atoms with Crippen LogP contribution in [0.4, 0.5) is 0 Å². The molecule has 4 heteroatoms. The maximum atomic E-state index is 9.08. The molecule has 1 fully saturated rings. The average Bonchev–Trinajstić information content (AvgIpc) is 2.19. The molecule has 1 aliphatic heterocycles. The number of nitrogens with one attached hydrogen (secondary N) is 1. The summed E-state index contributed by atoms with van der Waals surface area (Å²) < 4.78 is 0. The van der Waals surface area contributed by atoms with Crippen LogP contribution in [0.2, 0.25) is 0 Å². The lowest BCUT2D eigenvalue weighted by molar-refractivity contribution is 0.157. The zero-order valence-electron chi connectivity index (χ0n) is 9.08. The smallest absolute Gasteiger partial charge is 0.0494 e. The van der Waals surface area contributed by atoms with Gasteiger partial charge in [-0.1, -0.05) is 13.8 Å². The third-order valence-electron chi connectivity index (χ3n) is 2.29. The summed E-state index contributed by atoms with van der Waals surface area (Å²) >= 11 is 4.13. The van der Waals surface area contributed by atoms with E-state index < -0.39 is 0 Å². The predicted molar refractivity (Wildman–Crippen MR) is 67.3 cm³/mol. The third kappa shape index (κ3) is 4.91. The molecule has 1 rings (SSSR count). The Balaban J connectivity index is 2.08. The van der Waals surface area contributed by atoms with E-state index in [9.17, 15) is 0 Å². The van der Waals surface area contributed by atoms with E-state index in [1.54, 1.807) is 0 Å². The van der Waals surface area contributed by atoms with Crippen LogP contribution in [0.1, 0.15) is 13.8 Å². The quantitative estimate of drug-likeness (QED) is 0.755. The molecule has 1 unspecified atom stereocenters. The Labute approximate surface area is 95.6 Å². The molecule has 0 saturated carbocycles. The lowest BCUT2D eigenvalue weighted by Gasteiger charge is -2.25. The van der Waals surface area contributed by atoms with E-state index in [2.05, 4.69) is 42.7 Å². The van der Waals surface area contributed by atoms with E-state index >= 15 is 0 Å². The van der Waals surface area contributed by atoms with Crippen molar-refractivity contribution in [2.45, 2.75) is 19.1 Å². The Morgan fingerprint density at radius 3 is 2.79 bits per heavy atom. The third-order valence-corrected chi connectivity index (χ3v) is 5.13. The summed E-state index contributed by atoms with van der Waals surface area (Å²) in [5.74, 6) is 3.88. The molecule has 1 heterocycles. The minimum absolute atomic E-state index is 0.0203. The summed E-state index contributed by atoms with van der Waals surface area (Å²) in [5.41, 5.74) is 0.0203. The van der Waals surface area contributed by atoms with Crippen LogP contribution < -0.4 is 5.32 Å². The van der Waals surface area contributed by atoms with Crippen molar-refractivity contribution in [3.05, 3.63) is 0 Å². The second kappa shape index (κ2) is 6.26. The predicted octanol–water partition coefficient (Wildman–Crippen LogP) is 1.44. The van der Waals surface area contributed by atoms with Crippen LogP contribution in [-0.2, 0) is 0 Å². The van der Waals surface area contributed by atoms with Crippen LogP contribution in [0.5, 0.6) is 0 Å². The molecule has 0 aromatic rings. The van der Waals surface area contributed by atoms with Gasteiger partial charge in [0.05, 0.1) is 0 Å². The first-order valence-electron chi connectivity index (χ1n) is 5.15. The molecule has 0 radical (unpaired) electrons. The first kappa shape index (κ1) is 12.7. The van der Waals surface area contributed by atoms with E-state index in [4.69, 9.17) is 5.11 Å². The first-order chi connectivity index (χ1) is 6.64. The largest absolute Gasteiger partial charge is 0.396 e. The number of rotatable bonds is 5. The van der Waals surface area contributed by atoms with Gasteiger partial charge in [0.1, 0.15) is 0 Å². The summed E-state index contributed by atoms with van der Waals surface area (Å²) in [5, 5.41) is 13.3. The highest BCUT2D eigenvalue weighted by Gasteiger charge is 2.18. The lowest BCUT2D eigenvalue weighted by Crippen LogP contribution is -2.37. The highest BCUT2D eigenvalue weighted by Crippen LogP contribution is 2.23. The van der Waals surface area contributed by atoms with E-state index in [1.807, 2.05) is 0 Å². The first-order valence-corrected chi connectivity index (χ1v) is 7.35. The maximum Gasteiger partial charge on any atom is 0.0494 e. The van der Waals surface area contributed by atoms with Crippen molar-refractivity contribution >= 4 is 23.5 Å². The Hall–Kier alpha value is 0.620. The van der Waals surface area contributed by atoms with Crippen LogP contribution in [-0.4, -0.2) is 47.3 Å². The van der Waals surface area contributed by atoms with E-state index in [1.165, 1.54) is 17.3 Å². The van der Waals surface area contributed by atoms with Crippen LogP contribution in [0.3, 0.4) is 0 Å². The number of aliphatic hydroxyl groups is 1. The van der Waals surface area contributed by atoms with Crippen molar-refractivity contribution in [2.75, 3.05) is 37.0 Å². The Morgan fingerprint density at radius 1 is 1.43 bits per heavy atom. The molecule has 0 amide bonds. The molecule has 0 aliphatic carbocycles. The molecule has 2 nitrogen and oxygen atoms in total. The maximum absolute atomic E-state index is 9.08. The average molecular weight is 235 g/mol. The molecule has 0 spiro atoms. The second-order valence-electron chi connectivity index (χ2n) is 4.52. The summed E-state index contributed by atoms with van der Waals surface area (Å²) in [6, 6.07) is 0. The summed E-state index contributed by atoms with van der Waals surface area (Å²) in [6.07, 6.45) is 0. The molecule has 84 valence electrons. The van der Waals surface area contributed by atoms with E-state index in [-0.39, 0.29) is 12.0 Å². The van der Waals surface area contributed by atoms with Gasteiger partial charge in [0.25, 0.3) is 0 Å². The lowest BCUT2D eigenvalue weighted by atomic mass is 9.95. The van der Waals surface area contributed by atoms with Crippen molar-refractivity contribution in [2.24, 2.45) is 5.41 Å². The van der Waals surface area contributed by atoms with Crippen LogP contribution in [0, 0.1) is 5.41 Å². The zero-order valence-corrected chi connectivity index (χ0v) is 10.7. The van der Waals surface area contributed by atoms with Gasteiger partial charge in [-0.15, -0.1) is 0 Å². The fraction of sp³-hybridized carbons (Fsp3) is 1.00. The van der Waals surface area contributed by atoms with Gasteiger partial charge in [0.15, 0.2) is 0 Å². The fourth-order valence-electron chi connectivity index (χ4n) is 1.28. The Bertz CT molecular complexity index is 158. The summed E-state index contributed by atoms with van der Waals surface area (Å²) in [4.78, 5) is 0.